The third-order valence-electron chi connectivity index (χ3n) is 7.02. The van der Waals surface area contributed by atoms with Crippen LogP contribution in [0.1, 0.15) is 42.5 Å². The molecule has 5 rings (SSSR count). The van der Waals surface area contributed by atoms with E-state index in [4.69, 9.17) is 4.74 Å². The van der Waals surface area contributed by atoms with Gasteiger partial charge in [-0.2, -0.15) is 13.2 Å². The fraction of sp³-hybridized carbons (Fsp3) is 0.636. The van der Waals surface area contributed by atoms with Gasteiger partial charge in [-0.05, 0) is 50.8 Å². The van der Waals surface area contributed by atoms with Crippen molar-refractivity contribution in [3.05, 3.63) is 29.1 Å². The van der Waals surface area contributed by atoms with E-state index >= 15 is 0 Å². The summed E-state index contributed by atoms with van der Waals surface area (Å²) in [5.74, 6) is 0.0512. The first kappa shape index (κ1) is 20.8. The molecule has 3 unspecified atom stereocenters. The van der Waals surface area contributed by atoms with E-state index in [1.807, 2.05) is 16.4 Å². The number of hydrogen-bond donors (Lipinski definition) is 1. The van der Waals surface area contributed by atoms with Crippen LogP contribution in [0.5, 0.6) is 0 Å². The number of rotatable bonds is 4. The summed E-state index contributed by atoms with van der Waals surface area (Å²) in [5, 5.41) is 3.83. The first-order valence-electron chi connectivity index (χ1n) is 11.0. The molecule has 3 atom stereocenters. The first-order chi connectivity index (χ1) is 14.8. The first-order valence-corrected chi connectivity index (χ1v) is 11.0. The van der Waals surface area contributed by atoms with Gasteiger partial charge in [0.2, 0.25) is 0 Å². The molecule has 2 aromatic rings. The number of nitrogens with one attached hydrogen (secondary N) is 1. The standard InChI is InChI=1S/C22H27F3N4O2/c1-13-17-9-14(22(23,24)25)11-27-20(17)29-8-5-16(10-18(13)29)28-7-2-3-19(21(28)30)31-12-15-4-6-26-15/h9,11,15-16,19,26H,2-8,10,12H2,1H3. The summed E-state index contributed by atoms with van der Waals surface area (Å²) in [6, 6.07) is 1.59. The second-order valence-corrected chi connectivity index (χ2v) is 8.90. The number of pyridine rings is 1. The van der Waals surface area contributed by atoms with E-state index in [-0.39, 0.29) is 18.1 Å². The largest absolute Gasteiger partial charge is 0.417 e. The zero-order valence-electron chi connectivity index (χ0n) is 17.5. The van der Waals surface area contributed by atoms with E-state index < -0.39 is 11.7 Å². The summed E-state index contributed by atoms with van der Waals surface area (Å²) in [6.07, 6.45) is 0.245. The molecule has 0 aliphatic carbocycles. The Morgan fingerprint density at radius 2 is 2.06 bits per heavy atom. The van der Waals surface area contributed by atoms with Gasteiger partial charge < -0.3 is 19.5 Å². The molecule has 1 amide bonds. The van der Waals surface area contributed by atoms with Crippen molar-refractivity contribution in [2.75, 3.05) is 19.7 Å². The number of aryl methyl sites for hydroxylation is 2. The van der Waals surface area contributed by atoms with Crippen molar-refractivity contribution in [1.82, 2.24) is 19.8 Å². The maximum Gasteiger partial charge on any atom is 0.417 e. The Hall–Kier alpha value is -2.13. The topological polar surface area (TPSA) is 59.4 Å². The van der Waals surface area contributed by atoms with Crippen molar-refractivity contribution >= 4 is 16.9 Å². The Kier molecular flexibility index (Phi) is 5.21. The lowest BCUT2D eigenvalue weighted by Crippen LogP contribution is -2.53. The lowest BCUT2D eigenvalue weighted by molar-refractivity contribution is -0.152. The van der Waals surface area contributed by atoms with Crippen molar-refractivity contribution < 1.29 is 22.7 Å². The van der Waals surface area contributed by atoms with E-state index in [2.05, 4.69) is 10.3 Å². The summed E-state index contributed by atoms with van der Waals surface area (Å²) in [4.78, 5) is 19.2. The van der Waals surface area contributed by atoms with E-state index in [0.717, 1.165) is 49.7 Å². The Labute approximate surface area is 178 Å². The number of aromatic nitrogens is 2. The number of halogens is 3. The van der Waals surface area contributed by atoms with Gasteiger partial charge in [-0.15, -0.1) is 0 Å². The van der Waals surface area contributed by atoms with Crippen molar-refractivity contribution in [3.63, 3.8) is 0 Å². The highest BCUT2D eigenvalue weighted by Gasteiger charge is 2.37. The van der Waals surface area contributed by atoms with Crippen LogP contribution >= 0.6 is 0 Å². The Balaban J connectivity index is 1.35. The number of amides is 1. The van der Waals surface area contributed by atoms with E-state index in [9.17, 15) is 18.0 Å². The predicted octanol–water partition coefficient (Wildman–Crippen LogP) is 3.05. The van der Waals surface area contributed by atoms with Gasteiger partial charge in [0.15, 0.2) is 0 Å². The molecule has 6 nitrogen and oxygen atoms in total. The maximum absolute atomic E-state index is 13.1. The second kappa shape index (κ2) is 7.78. The molecule has 0 spiro atoms. The number of likely N-dealkylation sites (tertiary alicyclic amines) is 1. The molecule has 168 valence electrons. The highest BCUT2D eigenvalue weighted by Crippen LogP contribution is 2.36. The zero-order chi connectivity index (χ0) is 21.8. The highest BCUT2D eigenvalue weighted by atomic mass is 19.4. The van der Waals surface area contributed by atoms with Crippen molar-refractivity contribution in [3.8, 4) is 0 Å². The molecule has 0 saturated carbocycles. The van der Waals surface area contributed by atoms with Gasteiger partial charge >= 0.3 is 6.18 Å². The molecule has 1 N–H and O–H groups in total. The number of carbonyl (C=O) groups excluding carboxylic acids is 1. The smallest absolute Gasteiger partial charge is 0.367 e. The minimum Gasteiger partial charge on any atom is -0.367 e. The molecule has 2 saturated heterocycles. The summed E-state index contributed by atoms with van der Waals surface area (Å²) in [7, 11) is 0. The number of alkyl halides is 3. The molecule has 3 aliphatic heterocycles. The maximum atomic E-state index is 13.1. The van der Waals surface area contributed by atoms with Gasteiger partial charge in [0.25, 0.3) is 5.91 Å². The van der Waals surface area contributed by atoms with Crippen LogP contribution in [0.2, 0.25) is 0 Å². The van der Waals surface area contributed by atoms with Crippen LogP contribution in [0.15, 0.2) is 12.3 Å². The van der Waals surface area contributed by atoms with Crippen LogP contribution in [-0.4, -0.2) is 58.2 Å². The van der Waals surface area contributed by atoms with Gasteiger partial charge in [-0.25, -0.2) is 4.98 Å². The molecule has 2 fully saturated rings. The number of hydrogen-bond acceptors (Lipinski definition) is 4. The van der Waals surface area contributed by atoms with Gasteiger partial charge in [-0.3, -0.25) is 4.79 Å². The van der Waals surface area contributed by atoms with E-state index in [0.29, 0.717) is 43.2 Å². The SMILES string of the molecule is Cc1c2n(c3ncc(C(F)(F)F)cc13)CCC(N1CCCC(OCC3CCN3)C1=O)C2. The van der Waals surface area contributed by atoms with Crippen molar-refractivity contribution in [2.45, 2.75) is 69.9 Å². The summed E-state index contributed by atoms with van der Waals surface area (Å²) >= 11 is 0. The molecule has 0 aromatic carbocycles. The molecule has 31 heavy (non-hydrogen) atoms. The average Bonchev–Trinajstić information content (AvgIpc) is 2.99. The third kappa shape index (κ3) is 3.71. The average molecular weight is 436 g/mol. The van der Waals surface area contributed by atoms with Gasteiger partial charge in [-0.1, -0.05) is 0 Å². The molecule has 5 heterocycles. The Bertz CT molecular complexity index is 999. The molecule has 0 radical (unpaired) electrons. The zero-order valence-corrected chi connectivity index (χ0v) is 17.5. The van der Waals surface area contributed by atoms with Crippen LogP contribution in [0.4, 0.5) is 13.2 Å². The third-order valence-corrected chi connectivity index (χ3v) is 7.02. The van der Waals surface area contributed by atoms with Crippen LogP contribution in [0.25, 0.3) is 11.0 Å². The monoisotopic (exact) mass is 436 g/mol. The number of carbonyl (C=O) groups is 1. The number of fused-ring (bicyclic) bond motifs is 3. The van der Waals surface area contributed by atoms with Gasteiger partial charge in [0.1, 0.15) is 11.8 Å². The lowest BCUT2D eigenvalue weighted by atomic mass is 9.96. The summed E-state index contributed by atoms with van der Waals surface area (Å²) in [5.41, 5.74) is 1.67. The van der Waals surface area contributed by atoms with Gasteiger partial charge in [0.05, 0.1) is 12.2 Å². The van der Waals surface area contributed by atoms with Crippen molar-refractivity contribution in [2.24, 2.45) is 0 Å². The molecule has 3 aliphatic rings. The normalized spacial score (nSPS) is 26.8. The highest BCUT2D eigenvalue weighted by molar-refractivity contribution is 5.84. The van der Waals surface area contributed by atoms with Crippen LogP contribution in [0.3, 0.4) is 0 Å². The molecular formula is C22H27F3N4O2. The van der Waals surface area contributed by atoms with Gasteiger partial charge in [0, 0.05) is 48.9 Å². The molecule has 2 aromatic heterocycles. The molecular weight excluding hydrogens is 409 g/mol. The number of ether oxygens (including phenoxy) is 1. The minimum atomic E-state index is -4.41. The summed E-state index contributed by atoms with van der Waals surface area (Å²) in [6.45, 7) is 4.78. The quantitative estimate of drug-likeness (QED) is 0.801. The minimum absolute atomic E-state index is 0.0401. The van der Waals surface area contributed by atoms with Crippen LogP contribution in [0, 0.1) is 6.92 Å². The number of nitrogens with zero attached hydrogens (tertiary/aromatic N) is 3. The Morgan fingerprint density at radius 1 is 1.26 bits per heavy atom. The summed E-state index contributed by atoms with van der Waals surface area (Å²) < 4.78 is 47.4. The fourth-order valence-corrected chi connectivity index (χ4v) is 5.07. The van der Waals surface area contributed by atoms with Crippen LogP contribution < -0.4 is 5.32 Å². The lowest BCUT2D eigenvalue weighted by Gasteiger charge is -2.40. The molecule has 9 heteroatoms. The van der Waals surface area contributed by atoms with Crippen LogP contribution in [-0.2, 0) is 28.7 Å². The van der Waals surface area contributed by atoms with E-state index in [1.165, 1.54) is 6.07 Å². The number of piperidine rings is 1. The second-order valence-electron chi connectivity index (χ2n) is 8.90. The van der Waals surface area contributed by atoms with E-state index in [1.54, 1.807) is 0 Å². The predicted molar refractivity (Wildman–Crippen MR) is 109 cm³/mol. The Morgan fingerprint density at radius 3 is 2.77 bits per heavy atom. The van der Waals surface area contributed by atoms with Crippen molar-refractivity contribution in [1.29, 1.82) is 0 Å². The fourth-order valence-electron chi connectivity index (χ4n) is 5.07. The molecule has 0 bridgehead atoms.